The Hall–Kier alpha value is -0.323. The molecule has 4 heteroatoms. The van der Waals surface area contributed by atoms with Gasteiger partial charge in [0.05, 0.1) is 11.1 Å². The molecule has 0 fully saturated rings. The van der Waals surface area contributed by atoms with Gasteiger partial charge >= 0.3 is 0 Å². The molecule has 0 heterocycles. The van der Waals surface area contributed by atoms with Crippen LogP contribution >= 0.6 is 15.9 Å². The van der Waals surface area contributed by atoms with Crippen LogP contribution in [-0.4, -0.2) is 13.4 Å². The normalized spacial score (nSPS) is 12.6. The van der Waals surface area contributed by atoms with Crippen molar-refractivity contribution >= 4 is 24.2 Å². The largest absolute Gasteiger partial charge is 0.543 e. The molecule has 0 aliphatic heterocycles. The van der Waals surface area contributed by atoms with Crippen LogP contribution in [0.2, 0.25) is 18.1 Å². The van der Waals surface area contributed by atoms with Crippen molar-refractivity contribution in [1.29, 1.82) is 0 Å². The SMILES string of the molecule is CC(C)(C)[Si](C)(C)Oc1ccc(CO)cc1Br. The molecule has 2 nitrogen and oxygen atoms in total. The van der Waals surface area contributed by atoms with Gasteiger partial charge in [0.1, 0.15) is 5.75 Å². The van der Waals surface area contributed by atoms with Gasteiger partial charge in [-0.05, 0) is 51.8 Å². The summed E-state index contributed by atoms with van der Waals surface area (Å²) < 4.78 is 7.12. The molecule has 1 N–H and O–H groups in total. The number of rotatable bonds is 3. The van der Waals surface area contributed by atoms with Gasteiger partial charge in [-0.1, -0.05) is 26.8 Å². The van der Waals surface area contributed by atoms with E-state index in [4.69, 9.17) is 9.53 Å². The maximum atomic E-state index is 9.06. The first kappa shape index (κ1) is 14.7. The second kappa shape index (κ2) is 5.12. The van der Waals surface area contributed by atoms with Crippen molar-refractivity contribution in [3.63, 3.8) is 0 Å². The summed E-state index contributed by atoms with van der Waals surface area (Å²) in [6.45, 7) is 11.2. The lowest BCUT2D eigenvalue weighted by atomic mass is 10.2. The Bertz CT molecular complexity index is 397. The standard InChI is InChI=1S/C13H21BrO2Si/c1-13(2,3)17(4,5)16-12-7-6-10(9-15)8-11(12)14/h6-8,15H,9H2,1-5H3. The van der Waals surface area contributed by atoms with Crippen molar-refractivity contribution in [1.82, 2.24) is 0 Å². The first-order valence-electron chi connectivity index (χ1n) is 5.76. The van der Waals surface area contributed by atoms with Gasteiger partial charge in [0.25, 0.3) is 8.32 Å². The summed E-state index contributed by atoms with van der Waals surface area (Å²) >= 11 is 3.49. The minimum Gasteiger partial charge on any atom is -0.543 e. The van der Waals surface area contributed by atoms with Crippen molar-refractivity contribution in [2.24, 2.45) is 0 Å². The van der Waals surface area contributed by atoms with Crippen LogP contribution in [0.1, 0.15) is 26.3 Å². The van der Waals surface area contributed by atoms with Crippen LogP contribution < -0.4 is 4.43 Å². The highest BCUT2D eigenvalue weighted by Gasteiger charge is 2.39. The third-order valence-electron chi connectivity index (χ3n) is 3.35. The van der Waals surface area contributed by atoms with Crippen LogP contribution in [0, 0.1) is 0 Å². The van der Waals surface area contributed by atoms with Crippen LogP contribution in [0.5, 0.6) is 5.75 Å². The van der Waals surface area contributed by atoms with E-state index in [2.05, 4.69) is 49.8 Å². The van der Waals surface area contributed by atoms with E-state index in [0.717, 1.165) is 15.8 Å². The zero-order valence-corrected chi connectivity index (χ0v) is 13.8. The van der Waals surface area contributed by atoms with Crippen molar-refractivity contribution in [2.45, 2.75) is 45.5 Å². The molecule has 0 aliphatic rings. The molecule has 0 saturated carbocycles. The van der Waals surface area contributed by atoms with Gasteiger partial charge in [-0.25, -0.2) is 0 Å². The molecular formula is C13H21BrO2Si. The Morgan fingerprint density at radius 1 is 1.29 bits per heavy atom. The number of aliphatic hydroxyl groups is 1. The molecule has 17 heavy (non-hydrogen) atoms. The average molecular weight is 317 g/mol. The Balaban J connectivity index is 2.96. The first-order chi connectivity index (χ1) is 7.67. The summed E-state index contributed by atoms with van der Waals surface area (Å²) in [6, 6.07) is 5.73. The molecule has 0 amide bonds. The number of halogens is 1. The molecule has 0 spiro atoms. The molecule has 0 saturated heterocycles. The molecule has 0 unspecified atom stereocenters. The third-order valence-corrected chi connectivity index (χ3v) is 8.31. The van der Waals surface area contributed by atoms with E-state index in [9.17, 15) is 0 Å². The van der Waals surface area contributed by atoms with Crippen molar-refractivity contribution in [2.75, 3.05) is 0 Å². The summed E-state index contributed by atoms with van der Waals surface area (Å²) in [7, 11) is -1.80. The van der Waals surface area contributed by atoms with Crippen molar-refractivity contribution < 1.29 is 9.53 Å². The zero-order chi connectivity index (χ0) is 13.3. The predicted molar refractivity (Wildman–Crippen MR) is 77.9 cm³/mol. The Kier molecular flexibility index (Phi) is 4.44. The second-order valence-corrected chi connectivity index (χ2v) is 11.4. The summed E-state index contributed by atoms with van der Waals surface area (Å²) in [5.41, 5.74) is 0.888. The minimum atomic E-state index is -1.80. The molecule has 1 rings (SSSR count). The van der Waals surface area contributed by atoms with E-state index >= 15 is 0 Å². The maximum Gasteiger partial charge on any atom is 0.250 e. The molecule has 1 aromatic rings. The monoisotopic (exact) mass is 316 g/mol. The molecule has 1 aromatic carbocycles. The molecule has 0 atom stereocenters. The highest BCUT2D eigenvalue weighted by atomic mass is 79.9. The lowest BCUT2D eigenvalue weighted by Gasteiger charge is -2.36. The highest BCUT2D eigenvalue weighted by Crippen LogP contribution is 2.39. The minimum absolute atomic E-state index is 0.0545. The number of hydrogen-bond acceptors (Lipinski definition) is 2. The van der Waals surface area contributed by atoms with Gasteiger partial charge in [-0.15, -0.1) is 0 Å². The Morgan fingerprint density at radius 3 is 2.29 bits per heavy atom. The molecule has 96 valence electrons. The lowest BCUT2D eigenvalue weighted by molar-refractivity contribution is 0.281. The maximum absolute atomic E-state index is 9.06. The smallest absolute Gasteiger partial charge is 0.250 e. The van der Waals surface area contributed by atoms with Crippen LogP contribution in [0.3, 0.4) is 0 Å². The number of benzene rings is 1. The fraction of sp³-hybridized carbons (Fsp3) is 0.538. The van der Waals surface area contributed by atoms with Gasteiger partial charge in [-0.2, -0.15) is 0 Å². The fourth-order valence-electron chi connectivity index (χ4n) is 1.15. The molecule has 0 bridgehead atoms. The fourth-order valence-corrected chi connectivity index (χ4v) is 2.84. The van der Waals surface area contributed by atoms with E-state index in [1.165, 1.54) is 0 Å². The van der Waals surface area contributed by atoms with E-state index in [0.29, 0.717) is 0 Å². The van der Waals surface area contributed by atoms with Gasteiger partial charge in [0, 0.05) is 0 Å². The second-order valence-electron chi connectivity index (χ2n) is 5.79. The Labute approximate surface area is 113 Å². The van der Waals surface area contributed by atoms with E-state index in [1.807, 2.05) is 18.2 Å². The zero-order valence-electron chi connectivity index (χ0n) is 11.2. The lowest BCUT2D eigenvalue weighted by Crippen LogP contribution is -2.43. The quantitative estimate of drug-likeness (QED) is 0.841. The van der Waals surface area contributed by atoms with Gasteiger partial charge in [0.15, 0.2) is 0 Å². The van der Waals surface area contributed by atoms with E-state index in [-0.39, 0.29) is 11.6 Å². The summed E-state index contributed by atoms with van der Waals surface area (Å²) in [5, 5.41) is 9.24. The molecule has 0 aromatic heterocycles. The van der Waals surface area contributed by atoms with Crippen LogP contribution in [0.25, 0.3) is 0 Å². The van der Waals surface area contributed by atoms with Crippen molar-refractivity contribution in [3.05, 3.63) is 28.2 Å². The van der Waals surface area contributed by atoms with Crippen LogP contribution in [0.15, 0.2) is 22.7 Å². The summed E-state index contributed by atoms with van der Waals surface area (Å²) in [4.78, 5) is 0. The first-order valence-corrected chi connectivity index (χ1v) is 9.46. The summed E-state index contributed by atoms with van der Waals surface area (Å²) in [5.74, 6) is 0.869. The topological polar surface area (TPSA) is 29.5 Å². The number of aliphatic hydroxyl groups excluding tert-OH is 1. The highest BCUT2D eigenvalue weighted by molar-refractivity contribution is 9.10. The van der Waals surface area contributed by atoms with Crippen LogP contribution in [-0.2, 0) is 6.61 Å². The predicted octanol–water partition coefficient (Wildman–Crippen LogP) is 4.33. The number of hydrogen-bond donors (Lipinski definition) is 1. The average Bonchev–Trinajstić information content (AvgIpc) is 2.19. The summed E-state index contributed by atoms with van der Waals surface area (Å²) in [6.07, 6.45) is 0. The Morgan fingerprint density at radius 2 is 1.88 bits per heavy atom. The van der Waals surface area contributed by atoms with Crippen molar-refractivity contribution in [3.8, 4) is 5.75 Å². The third kappa shape index (κ3) is 3.57. The van der Waals surface area contributed by atoms with E-state index in [1.54, 1.807) is 0 Å². The van der Waals surface area contributed by atoms with Gasteiger partial charge in [0.2, 0.25) is 0 Å². The van der Waals surface area contributed by atoms with Gasteiger partial charge < -0.3 is 9.53 Å². The van der Waals surface area contributed by atoms with Gasteiger partial charge in [-0.3, -0.25) is 0 Å². The molecule has 0 aliphatic carbocycles. The van der Waals surface area contributed by atoms with E-state index < -0.39 is 8.32 Å². The molecular weight excluding hydrogens is 296 g/mol. The molecule has 0 radical (unpaired) electrons. The van der Waals surface area contributed by atoms with Crippen LogP contribution in [0.4, 0.5) is 0 Å².